The molecular formula is C25H33N5O3S. The number of aromatic nitrogens is 2. The zero-order valence-corrected chi connectivity index (χ0v) is 21.1. The van der Waals surface area contributed by atoms with Crippen molar-refractivity contribution >= 4 is 27.0 Å². The smallest absolute Gasteiger partial charge is 0.242 e. The highest BCUT2D eigenvalue weighted by Gasteiger charge is 2.21. The molecule has 34 heavy (non-hydrogen) atoms. The third-order valence-electron chi connectivity index (χ3n) is 6.68. The molecule has 1 unspecified atom stereocenters. The van der Waals surface area contributed by atoms with Crippen molar-refractivity contribution in [1.82, 2.24) is 24.1 Å². The van der Waals surface area contributed by atoms with Crippen LogP contribution in [0.2, 0.25) is 0 Å². The molecule has 1 amide bonds. The van der Waals surface area contributed by atoms with Crippen molar-refractivity contribution in [2.24, 2.45) is 7.05 Å². The molecular weight excluding hydrogens is 450 g/mol. The van der Waals surface area contributed by atoms with Crippen LogP contribution in [0.25, 0.3) is 11.0 Å². The minimum atomic E-state index is -3.52. The number of carbonyl (C=O) groups is 1. The Morgan fingerprint density at radius 1 is 1.18 bits per heavy atom. The van der Waals surface area contributed by atoms with Crippen molar-refractivity contribution in [1.29, 1.82) is 0 Å². The second-order valence-corrected chi connectivity index (χ2v) is 11.3. The van der Waals surface area contributed by atoms with Crippen molar-refractivity contribution in [3.05, 3.63) is 59.4 Å². The lowest BCUT2D eigenvalue weighted by Gasteiger charge is -2.33. The van der Waals surface area contributed by atoms with E-state index in [2.05, 4.69) is 46.4 Å². The number of rotatable bonds is 8. The Balaban J connectivity index is 1.33. The van der Waals surface area contributed by atoms with E-state index in [0.29, 0.717) is 24.9 Å². The summed E-state index contributed by atoms with van der Waals surface area (Å²) in [6, 6.07) is 13.8. The van der Waals surface area contributed by atoms with E-state index in [-0.39, 0.29) is 16.8 Å². The molecule has 182 valence electrons. The maximum Gasteiger partial charge on any atom is 0.242 e. The number of nitrogens with zero attached hydrogens (tertiary/aromatic N) is 4. The van der Waals surface area contributed by atoms with Gasteiger partial charge in [0.1, 0.15) is 5.82 Å². The molecule has 2 heterocycles. The van der Waals surface area contributed by atoms with Crippen LogP contribution in [0.5, 0.6) is 0 Å². The highest BCUT2D eigenvalue weighted by atomic mass is 32.2. The van der Waals surface area contributed by atoms with Crippen molar-refractivity contribution in [2.45, 2.75) is 43.7 Å². The Morgan fingerprint density at radius 3 is 2.65 bits per heavy atom. The molecule has 0 fully saturated rings. The van der Waals surface area contributed by atoms with Gasteiger partial charge in [-0.05, 0) is 42.7 Å². The third kappa shape index (κ3) is 5.01. The van der Waals surface area contributed by atoms with E-state index >= 15 is 0 Å². The zero-order valence-electron chi connectivity index (χ0n) is 20.3. The molecule has 8 nitrogen and oxygen atoms in total. The first-order chi connectivity index (χ1) is 16.2. The molecule has 3 aromatic rings. The number of amides is 1. The fraction of sp³-hybridized carbons (Fsp3) is 0.440. The molecule has 1 aromatic heterocycles. The predicted molar refractivity (Wildman–Crippen MR) is 133 cm³/mol. The highest BCUT2D eigenvalue weighted by molar-refractivity contribution is 7.89. The van der Waals surface area contributed by atoms with Crippen molar-refractivity contribution in [3.63, 3.8) is 0 Å². The van der Waals surface area contributed by atoms with Gasteiger partial charge in [-0.2, -0.15) is 0 Å². The second kappa shape index (κ2) is 9.85. The summed E-state index contributed by atoms with van der Waals surface area (Å²) in [6.45, 7) is 4.67. The second-order valence-electron chi connectivity index (χ2n) is 9.17. The Hall–Kier alpha value is -2.75. The number of sulfonamides is 1. The molecule has 1 N–H and O–H groups in total. The lowest BCUT2D eigenvalue weighted by Crippen LogP contribution is -2.44. The lowest BCUT2D eigenvalue weighted by molar-refractivity contribution is -0.121. The fourth-order valence-corrected chi connectivity index (χ4v) is 5.34. The molecule has 4 rings (SSSR count). The van der Waals surface area contributed by atoms with E-state index < -0.39 is 10.0 Å². The average Bonchev–Trinajstić information content (AvgIpc) is 3.15. The van der Waals surface area contributed by atoms with Crippen LogP contribution in [-0.2, 0) is 41.3 Å². The van der Waals surface area contributed by atoms with Crippen LogP contribution in [0, 0.1) is 0 Å². The largest absolute Gasteiger partial charge is 0.355 e. The summed E-state index contributed by atoms with van der Waals surface area (Å²) in [4.78, 5) is 19.8. The molecule has 0 saturated heterocycles. The summed E-state index contributed by atoms with van der Waals surface area (Å²) in [6.07, 6.45) is 1.85. The van der Waals surface area contributed by atoms with Gasteiger partial charge in [-0.3, -0.25) is 9.69 Å². The summed E-state index contributed by atoms with van der Waals surface area (Å²) in [5, 5.41) is 3.07. The van der Waals surface area contributed by atoms with Crippen molar-refractivity contribution < 1.29 is 13.2 Å². The molecule has 1 aliphatic rings. The van der Waals surface area contributed by atoms with Crippen LogP contribution in [0.1, 0.15) is 30.3 Å². The monoisotopic (exact) mass is 483 g/mol. The summed E-state index contributed by atoms with van der Waals surface area (Å²) in [5.41, 5.74) is 4.24. The molecule has 2 aromatic carbocycles. The Labute approximate surface area is 201 Å². The van der Waals surface area contributed by atoms with Gasteiger partial charge in [-0.15, -0.1) is 0 Å². The first kappa shape index (κ1) is 24.4. The van der Waals surface area contributed by atoms with Gasteiger partial charge >= 0.3 is 0 Å². The molecule has 9 heteroatoms. The van der Waals surface area contributed by atoms with Gasteiger partial charge in [0.15, 0.2) is 0 Å². The zero-order chi connectivity index (χ0) is 24.5. The lowest BCUT2D eigenvalue weighted by atomic mass is 9.99. The summed E-state index contributed by atoms with van der Waals surface area (Å²) in [7, 11) is 1.38. The van der Waals surface area contributed by atoms with Crippen LogP contribution in [0.3, 0.4) is 0 Å². The number of fused-ring (bicyclic) bond motifs is 2. The maximum atomic E-state index is 12.5. The van der Waals surface area contributed by atoms with Crippen LogP contribution in [0.15, 0.2) is 47.4 Å². The van der Waals surface area contributed by atoms with Crippen LogP contribution < -0.4 is 5.32 Å². The van der Waals surface area contributed by atoms with Gasteiger partial charge in [0.25, 0.3) is 0 Å². The van der Waals surface area contributed by atoms with E-state index in [9.17, 15) is 13.2 Å². The first-order valence-corrected chi connectivity index (χ1v) is 13.1. The minimum Gasteiger partial charge on any atom is -0.355 e. The minimum absolute atomic E-state index is 0.00723. The quantitative estimate of drug-likeness (QED) is 0.531. The van der Waals surface area contributed by atoms with E-state index in [1.807, 2.05) is 11.6 Å². The Morgan fingerprint density at radius 2 is 1.91 bits per heavy atom. The number of nitrogens with one attached hydrogen (secondary N) is 1. The number of hydrogen-bond acceptors (Lipinski definition) is 5. The SMILES string of the molecule is CC(CNC(=O)CCc1nc2cc(S(=O)(=O)N(C)C)ccc2n1C)N1CCc2ccccc2C1. The van der Waals surface area contributed by atoms with Gasteiger partial charge in [-0.1, -0.05) is 24.3 Å². The van der Waals surface area contributed by atoms with Gasteiger partial charge in [0.2, 0.25) is 15.9 Å². The van der Waals surface area contributed by atoms with Gasteiger partial charge < -0.3 is 9.88 Å². The number of benzene rings is 2. The first-order valence-electron chi connectivity index (χ1n) is 11.6. The Kier molecular flexibility index (Phi) is 7.06. The molecule has 0 bridgehead atoms. The van der Waals surface area contributed by atoms with Crippen LogP contribution in [-0.4, -0.2) is 66.3 Å². The van der Waals surface area contributed by atoms with E-state index in [4.69, 9.17) is 0 Å². The molecule has 1 aliphatic heterocycles. The topological polar surface area (TPSA) is 87.5 Å². The molecule has 0 saturated carbocycles. The number of aryl methyl sites for hydroxylation is 2. The summed E-state index contributed by atoms with van der Waals surface area (Å²) >= 11 is 0. The molecule has 0 aliphatic carbocycles. The Bertz CT molecular complexity index is 1300. The standard InChI is InChI=1S/C25H33N5O3S/c1-18(30-14-13-19-7-5-6-8-20(19)17-30)16-26-25(31)12-11-24-27-22-15-21(34(32,33)28(2)3)9-10-23(22)29(24)4/h5-10,15,18H,11-14,16-17H2,1-4H3,(H,26,31). The molecule has 0 radical (unpaired) electrons. The van der Waals surface area contributed by atoms with Gasteiger partial charge in [-0.25, -0.2) is 17.7 Å². The number of carbonyl (C=O) groups excluding carboxylic acids is 1. The fourth-order valence-electron chi connectivity index (χ4n) is 4.42. The normalized spacial score (nSPS) is 15.4. The van der Waals surface area contributed by atoms with Crippen LogP contribution in [0.4, 0.5) is 0 Å². The molecule has 0 spiro atoms. The number of hydrogen-bond donors (Lipinski definition) is 1. The number of imidazole rings is 1. The van der Waals surface area contributed by atoms with E-state index in [1.165, 1.54) is 29.5 Å². The van der Waals surface area contributed by atoms with Crippen molar-refractivity contribution in [2.75, 3.05) is 27.2 Å². The van der Waals surface area contributed by atoms with Crippen molar-refractivity contribution in [3.8, 4) is 0 Å². The van der Waals surface area contributed by atoms with Gasteiger partial charge in [0, 0.05) is 59.7 Å². The van der Waals surface area contributed by atoms with E-state index in [1.54, 1.807) is 18.2 Å². The predicted octanol–water partition coefficient (Wildman–Crippen LogP) is 2.32. The third-order valence-corrected chi connectivity index (χ3v) is 8.49. The maximum absolute atomic E-state index is 12.5. The van der Waals surface area contributed by atoms with E-state index in [0.717, 1.165) is 30.9 Å². The average molecular weight is 484 g/mol. The van der Waals surface area contributed by atoms with Gasteiger partial charge in [0.05, 0.1) is 15.9 Å². The summed E-state index contributed by atoms with van der Waals surface area (Å²) in [5.74, 6) is 0.748. The highest BCUT2D eigenvalue weighted by Crippen LogP contribution is 2.22. The molecule has 1 atom stereocenters. The van der Waals surface area contributed by atoms with Crippen LogP contribution >= 0.6 is 0 Å². The summed E-state index contributed by atoms with van der Waals surface area (Å²) < 4.78 is 27.9.